The summed E-state index contributed by atoms with van der Waals surface area (Å²) >= 11 is 0. The minimum atomic E-state index is -0.982. The third kappa shape index (κ3) is 6.28. The van der Waals surface area contributed by atoms with Gasteiger partial charge in [0, 0.05) is 56.6 Å². The highest BCUT2D eigenvalue weighted by atomic mass is 19.1. The van der Waals surface area contributed by atoms with Crippen molar-refractivity contribution in [2.24, 2.45) is 5.16 Å². The average molecular weight is 673 g/mol. The molecule has 2 fully saturated rings. The van der Waals surface area contributed by atoms with Gasteiger partial charge in [-0.3, -0.25) is 14.4 Å². The summed E-state index contributed by atoms with van der Waals surface area (Å²) in [6, 6.07) is 2.17. The van der Waals surface area contributed by atoms with E-state index in [1.807, 2.05) is 6.92 Å². The van der Waals surface area contributed by atoms with Crippen molar-refractivity contribution >= 4 is 23.8 Å². The van der Waals surface area contributed by atoms with E-state index >= 15 is 0 Å². The summed E-state index contributed by atoms with van der Waals surface area (Å²) in [7, 11) is 3.05. The fraction of sp³-hybridized carbons (Fsp3) is 0.531. The number of carbonyl (C=O) groups is 3. The monoisotopic (exact) mass is 672 g/mol. The SMILES string of the molecule is COC1=NO[C@@]2(CC[C@H](C)N3C[C@H]2n2cc(C(=O)NCc4ccc(F)cc4F)c(=O)c(OCOC(=O)N(C)C[C@@H]4CCCN4)c2C3=O)C1. The summed E-state index contributed by atoms with van der Waals surface area (Å²) < 4.78 is 45.7. The van der Waals surface area contributed by atoms with E-state index in [2.05, 4.69) is 15.8 Å². The van der Waals surface area contributed by atoms with Crippen LogP contribution < -0.4 is 20.8 Å². The van der Waals surface area contributed by atoms with Crippen LogP contribution in [0.4, 0.5) is 13.6 Å². The molecule has 4 aliphatic heterocycles. The van der Waals surface area contributed by atoms with Crippen LogP contribution in [-0.2, 0) is 20.9 Å². The van der Waals surface area contributed by atoms with Gasteiger partial charge in [-0.25, -0.2) is 13.6 Å². The lowest BCUT2D eigenvalue weighted by molar-refractivity contribution is -0.0657. The van der Waals surface area contributed by atoms with Crippen molar-refractivity contribution < 1.29 is 42.2 Å². The van der Waals surface area contributed by atoms with Crippen molar-refractivity contribution in [2.45, 2.75) is 69.3 Å². The lowest BCUT2D eigenvalue weighted by Gasteiger charge is -2.42. The molecule has 0 saturated carbocycles. The molecule has 14 nitrogen and oxygen atoms in total. The highest BCUT2D eigenvalue weighted by Gasteiger charge is 2.55. The highest BCUT2D eigenvalue weighted by Crippen LogP contribution is 2.46. The van der Waals surface area contributed by atoms with Crippen molar-refractivity contribution in [3.05, 3.63) is 63.1 Å². The van der Waals surface area contributed by atoms with Gasteiger partial charge in [0.1, 0.15) is 17.2 Å². The number of hydrogen-bond donors (Lipinski definition) is 2. The molecule has 2 aromatic rings. The Morgan fingerprint density at radius 3 is 2.77 bits per heavy atom. The number of likely N-dealkylation sites (N-methyl/N-ethyl adjacent to an activating group) is 1. The Kier molecular flexibility index (Phi) is 9.27. The van der Waals surface area contributed by atoms with Crippen LogP contribution in [0.3, 0.4) is 0 Å². The Balaban J connectivity index is 1.34. The van der Waals surface area contributed by atoms with Crippen LogP contribution in [0.5, 0.6) is 5.75 Å². The summed E-state index contributed by atoms with van der Waals surface area (Å²) in [5.74, 6) is -3.18. The second kappa shape index (κ2) is 13.4. The first-order valence-electron chi connectivity index (χ1n) is 15.9. The lowest BCUT2D eigenvalue weighted by atomic mass is 9.85. The molecule has 0 unspecified atom stereocenters. The van der Waals surface area contributed by atoms with Gasteiger partial charge in [-0.05, 0) is 45.2 Å². The third-order valence-corrected chi connectivity index (χ3v) is 9.55. The molecule has 5 heterocycles. The van der Waals surface area contributed by atoms with Crippen LogP contribution in [0, 0.1) is 11.6 Å². The molecule has 1 aromatic carbocycles. The third-order valence-electron chi connectivity index (χ3n) is 9.55. The van der Waals surface area contributed by atoms with E-state index in [4.69, 9.17) is 19.0 Å². The molecule has 2 N–H and O–H groups in total. The highest BCUT2D eigenvalue weighted by molar-refractivity contribution is 5.99. The first kappa shape index (κ1) is 33.2. The second-order valence-electron chi connectivity index (χ2n) is 12.6. The van der Waals surface area contributed by atoms with Gasteiger partial charge in [0.15, 0.2) is 11.3 Å². The maximum absolute atomic E-state index is 14.3. The smallest absolute Gasteiger partial charge is 0.412 e. The number of amides is 3. The van der Waals surface area contributed by atoms with E-state index in [1.165, 1.54) is 28.8 Å². The quantitative estimate of drug-likeness (QED) is 0.403. The van der Waals surface area contributed by atoms with E-state index in [0.29, 0.717) is 31.4 Å². The molecule has 16 heteroatoms. The van der Waals surface area contributed by atoms with Gasteiger partial charge in [0.2, 0.25) is 23.9 Å². The van der Waals surface area contributed by atoms with E-state index in [1.54, 1.807) is 11.9 Å². The van der Waals surface area contributed by atoms with E-state index in [9.17, 15) is 28.0 Å². The Morgan fingerprint density at radius 1 is 1.25 bits per heavy atom. The fourth-order valence-corrected chi connectivity index (χ4v) is 6.81. The Bertz CT molecular complexity index is 1700. The van der Waals surface area contributed by atoms with Crippen LogP contribution in [-0.4, -0.2) is 96.4 Å². The maximum Gasteiger partial charge on any atom is 0.412 e. The van der Waals surface area contributed by atoms with Gasteiger partial charge in [0.05, 0.1) is 19.6 Å². The number of rotatable bonds is 8. The molecule has 48 heavy (non-hydrogen) atoms. The van der Waals surface area contributed by atoms with Gasteiger partial charge in [-0.1, -0.05) is 11.2 Å². The van der Waals surface area contributed by atoms with Crippen molar-refractivity contribution in [3.8, 4) is 5.75 Å². The molecule has 6 rings (SSSR count). The zero-order valence-electron chi connectivity index (χ0n) is 26.9. The van der Waals surface area contributed by atoms with Crippen molar-refractivity contribution in [2.75, 3.05) is 40.6 Å². The number of nitrogens with zero attached hydrogens (tertiary/aromatic N) is 4. The Hall–Kier alpha value is -4.73. The number of benzene rings is 1. The van der Waals surface area contributed by atoms with Gasteiger partial charge in [-0.2, -0.15) is 0 Å². The van der Waals surface area contributed by atoms with Crippen LogP contribution in [0.1, 0.15) is 71.5 Å². The standard InChI is InChI=1S/C32H38F2N6O8/c1-18-8-9-32(12-25(45-3)37-48-32)24-16-39(18)30(43)26-28(46-17-47-31(44)38(2)14-21-5-4-10-35-21)27(41)22(15-40(24)26)29(42)36-13-19-6-7-20(33)11-23(19)34/h6-7,11,15,18,21,24,35H,4-5,8-10,12-14,16-17H2,1-3H3,(H,36,42)/t18-,21-,24+,32-/m0/s1. The molecule has 1 aromatic heterocycles. The molecule has 1 spiro atoms. The van der Waals surface area contributed by atoms with Crippen LogP contribution in [0.25, 0.3) is 0 Å². The zero-order chi connectivity index (χ0) is 34.2. The van der Waals surface area contributed by atoms with E-state index < -0.39 is 64.7 Å². The van der Waals surface area contributed by atoms with Crippen molar-refractivity contribution in [1.82, 2.24) is 25.0 Å². The number of fused-ring (bicyclic) bond motifs is 5. The van der Waals surface area contributed by atoms with Crippen LogP contribution in [0.2, 0.25) is 0 Å². The number of nitrogens with one attached hydrogen (secondary N) is 2. The molecular formula is C32H38F2N6O8. The number of oxime groups is 1. The first-order chi connectivity index (χ1) is 23.0. The number of methoxy groups -OCH3 is 1. The minimum Gasteiger partial charge on any atom is -0.482 e. The zero-order valence-corrected chi connectivity index (χ0v) is 26.9. The number of halogens is 2. The summed E-state index contributed by atoms with van der Waals surface area (Å²) in [4.78, 5) is 63.3. The largest absolute Gasteiger partial charge is 0.482 e. The van der Waals surface area contributed by atoms with E-state index in [-0.39, 0.29) is 42.9 Å². The maximum atomic E-state index is 14.3. The van der Waals surface area contributed by atoms with E-state index in [0.717, 1.165) is 25.5 Å². The molecule has 4 aliphatic rings. The average Bonchev–Trinajstić information content (AvgIpc) is 3.72. The summed E-state index contributed by atoms with van der Waals surface area (Å²) in [6.07, 6.45) is 3.79. The fourth-order valence-electron chi connectivity index (χ4n) is 6.81. The molecule has 0 radical (unpaired) electrons. The van der Waals surface area contributed by atoms with Gasteiger partial charge >= 0.3 is 6.09 Å². The minimum absolute atomic E-state index is 0.00532. The summed E-state index contributed by atoms with van der Waals surface area (Å²) in [5, 5.41) is 9.91. The van der Waals surface area contributed by atoms with Gasteiger partial charge in [0.25, 0.3) is 11.8 Å². The predicted molar refractivity (Wildman–Crippen MR) is 166 cm³/mol. The number of hydrogen-bond acceptors (Lipinski definition) is 10. The summed E-state index contributed by atoms with van der Waals surface area (Å²) in [5.41, 5.74) is -2.47. The van der Waals surface area contributed by atoms with Crippen molar-refractivity contribution in [3.63, 3.8) is 0 Å². The normalized spacial score (nSPS) is 24.4. The number of carbonyl (C=O) groups excluding carboxylic acids is 3. The molecule has 0 aliphatic carbocycles. The predicted octanol–water partition coefficient (Wildman–Crippen LogP) is 2.51. The second-order valence-corrected chi connectivity index (χ2v) is 12.6. The Labute approximate surface area is 274 Å². The molecule has 258 valence electrons. The molecule has 2 saturated heterocycles. The summed E-state index contributed by atoms with van der Waals surface area (Å²) in [6.45, 7) is 2.27. The molecule has 3 amide bonds. The van der Waals surface area contributed by atoms with Crippen LogP contribution in [0.15, 0.2) is 34.3 Å². The van der Waals surface area contributed by atoms with Gasteiger partial charge in [-0.15, -0.1) is 0 Å². The molecule has 2 bridgehead atoms. The van der Waals surface area contributed by atoms with Gasteiger partial charge < -0.3 is 44.0 Å². The molecule has 4 atom stereocenters. The lowest BCUT2D eigenvalue weighted by Crippen LogP contribution is -2.52. The van der Waals surface area contributed by atoms with Crippen molar-refractivity contribution in [1.29, 1.82) is 0 Å². The van der Waals surface area contributed by atoms with Crippen LogP contribution >= 0.6 is 0 Å². The number of aromatic nitrogens is 1. The number of pyridine rings is 1. The topological polar surface area (TPSA) is 153 Å². The molecular weight excluding hydrogens is 634 g/mol. The number of ether oxygens (including phenoxy) is 3. The first-order valence-corrected chi connectivity index (χ1v) is 15.9. The Morgan fingerprint density at radius 2 is 2.06 bits per heavy atom.